The molecular weight excluding hydrogens is 512 g/mol. The molecule has 0 saturated heterocycles. The minimum absolute atomic E-state index is 0.0341. The van der Waals surface area contributed by atoms with E-state index < -0.39 is 0 Å². The quantitative estimate of drug-likeness (QED) is 0.136. The van der Waals surface area contributed by atoms with Gasteiger partial charge in [0, 0.05) is 24.8 Å². The smallest absolute Gasteiger partial charge is 0.225 e. The number of benzene rings is 1. The largest absolute Gasteiger partial charge is 0.377 e. The van der Waals surface area contributed by atoms with Gasteiger partial charge in [0.2, 0.25) is 11.8 Å². The van der Waals surface area contributed by atoms with Gasteiger partial charge in [0.1, 0.15) is 11.6 Å². The van der Waals surface area contributed by atoms with Crippen LogP contribution in [0.4, 0.5) is 11.6 Å². The molecule has 0 atom stereocenters. The Morgan fingerprint density at radius 3 is 1.83 bits per heavy atom. The molecule has 0 unspecified atom stereocenters. The molecule has 7 heteroatoms. The summed E-state index contributed by atoms with van der Waals surface area (Å²) in [5.41, 5.74) is 2.81. The van der Waals surface area contributed by atoms with Crippen molar-refractivity contribution in [1.29, 1.82) is 0 Å². The Hall–Kier alpha value is -3.58. The lowest BCUT2D eigenvalue weighted by Gasteiger charge is -2.08. The first-order valence-corrected chi connectivity index (χ1v) is 15.2. The maximum absolute atomic E-state index is 12.4. The van der Waals surface area contributed by atoms with E-state index >= 15 is 0 Å². The van der Waals surface area contributed by atoms with E-state index in [0.29, 0.717) is 36.7 Å². The zero-order chi connectivity index (χ0) is 29.1. The van der Waals surface area contributed by atoms with Crippen LogP contribution < -0.4 is 10.6 Å². The van der Waals surface area contributed by atoms with Gasteiger partial charge in [-0.25, -0.2) is 9.97 Å². The van der Waals surface area contributed by atoms with Crippen LogP contribution in [0.1, 0.15) is 102 Å². The molecule has 7 nitrogen and oxygen atoms in total. The molecule has 2 aromatic heterocycles. The number of hydrogen-bond acceptors (Lipinski definition) is 5. The number of carbonyl (C=O) groups is 2. The van der Waals surface area contributed by atoms with Crippen molar-refractivity contribution in [3.63, 3.8) is 0 Å². The highest BCUT2D eigenvalue weighted by Crippen LogP contribution is 2.17. The topological polar surface area (TPSA) is 93.2 Å². The van der Waals surface area contributed by atoms with E-state index in [9.17, 15) is 9.59 Å². The van der Waals surface area contributed by atoms with Crippen molar-refractivity contribution in [2.24, 2.45) is 0 Å². The van der Waals surface area contributed by atoms with Crippen LogP contribution in [-0.4, -0.2) is 28.4 Å². The van der Waals surface area contributed by atoms with Gasteiger partial charge in [0.15, 0.2) is 5.65 Å². The Bertz CT molecular complexity index is 1230. The van der Waals surface area contributed by atoms with Crippen LogP contribution in [0.2, 0.25) is 0 Å². The molecule has 0 aliphatic rings. The SMILES string of the molecule is C=Cc1ccc(COCCCCCCCCCC(=O)Nc2ccc3ccc(NC(=O)CCCCCC)nc3n2)cc1. The molecule has 1 aromatic carbocycles. The van der Waals surface area contributed by atoms with Crippen LogP contribution in [0.5, 0.6) is 0 Å². The van der Waals surface area contributed by atoms with Gasteiger partial charge in [0.05, 0.1) is 6.61 Å². The van der Waals surface area contributed by atoms with E-state index in [1.54, 1.807) is 12.1 Å². The molecule has 0 radical (unpaired) electrons. The monoisotopic (exact) mass is 558 g/mol. The predicted octanol–water partition coefficient (Wildman–Crippen LogP) is 8.46. The Labute approximate surface area is 245 Å². The number of rotatable bonds is 20. The number of hydrogen-bond donors (Lipinski definition) is 2. The van der Waals surface area contributed by atoms with E-state index in [-0.39, 0.29) is 11.8 Å². The molecule has 220 valence electrons. The summed E-state index contributed by atoms with van der Waals surface area (Å²) in [6.45, 7) is 7.37. The van der Waals surface area contributed by atoms with Gasteiger partial charge in [0.25, 0.3) is 0 Å². The third-order valence-corrected chi connectivity index (χ3v) is 7.02. The first kappa shape index (κ1) is 31.9. The van der Waals surface area contributed by atoms with Crippen LogP contribution in [0, 0.1) is 0 Å². The summed E-state index contributed by atoms with van der Waals surface area (Å²) in [5.74, 6) is 0.892. The number of ether oxygens (including phenoxy) is 1. The van der Waals surface area contributed by atoms with Crippen LogP contribution in [0.25, 0.3) is 17.1 Å². The maximum atomic E-state index is 12.4. The lowest BCUT2D eigenvalue weighted by Crippen LogP contribution is -2.13. The van der Waals surface area contributed by atoms with Crippen LogP contribution >= 0.6 is 0 Å². The van der Waals surface area contributed by atoms with Crippen molar-refractivity contribution >= 4 is 40.6 Å². The van der Waals surface area contributed by atoms with Gasteiger partial charge in [-0.05, 0) is 54.7 Å². The fourth-order valence-electron chi connectivity index (χ4n) is 4.57. The zero-order valence-corrected chi connectivity index (χ0v) is 24.6. The van der Waals surface area contributed by atoms with Gasteiger partial charge in [-0.3, -0.25) is 9.59 Å². The Balaban J connectivity index is 1.24. The molecule has 0 bridgehead atoms. The first-order valence-electron chi connectivity index (χ1n) is 15.2. The molecule has 3 rings (SSSR count). The van der Waals surface area contributed by atoms with E-state index in [1.807, 2.05) is 18.2 Å². The van der Waals surface area contributed by atoms with Gasteiger partial charge >= 0.3 is 0 Å². The van der Waals surface area contributed by atoms with Gasteiger partial charge in [-0.15, -0.1) is 0 Å². The van der Waals surface area contributed by atoms with E-state index in [0.717, 1.165) is 68.9 Å². The second kappa shape index (κ2) is 18.7. The highest BCUT2D eigenvalue weighted by molar-refractivity contribution is 5.92. The molecule has 0 fully saturated rings. The number of pyridine rings is 2. The number of amides is 2. The Morgan fingerprint density at radius 1 is 0.732 bits per heavy atom. The maximum Gasteiger partial charge on any atom is 0.225 e. The minimum atomic E-state index is -0.0373. The van der Waals surface area contributed by atoms with Gasteiger partial charge < -0.3 is 15.4 Å². The normalized spacial score (nSPS) is 11.0. The number of nitrogens with one attached hydrogen (secondary N) is 2. The average molecular weight is 559 g/mol. The van der Waals surface area contributed by atoms with Crippen molar-refractivity contribution in [2.75, 3.05) is 17.2 Å². The summed E-state index contributed by atoms with van der Waals surface area (Å²) in [5, 5.41) is 6.60. The van der Waals surface area contributed by atoms with Crippen LogP contribution in [-0.2, 0) is 20.9 Å². The summed E-state index contributed by atoms with van der Waals surface area (Å²) >= 11 is 0. The number of fused-ring (bicyclic) bond motifs is 1. The summed E-state index contributed by atoms with van der Waals surface area (Å²) in [6, 6.07) is 15.6. The lowest BCUT2D eigenvalue weighted by molar-refractivity contribution is -0.117. The molecule has 2 amide bonds. The highest BCUT2D eigenvalue weighted by atomic mass is 16.5. The second-order valence-electron chi connectivity index (χ2n) is 10.6. The predicted molar refractivity (Wildman–Crippen MR) is 169 cm³/mol. The van der Waals surface area contributed by atoms with E-state index in [1.165, 1.54) is 24.8 Å². The number of nitrogens with zero attached hydrogens (tertiary/aromatic N) is 2. The van der Waals surface area contributed by atoms with Crippen molar-refractivity contribution in [1.82, 2.24) is 9.97 Å². The minimum Gasteiger partial charge on any atom is -0.377 e. The molecule has 0 aliphatic carbocycles. The van der Waals surface area contributed by atoms with E-state index in [2.05, 4.69) is 58.4 Å². The van der Waals surface area contributed by atoms with Crippen LogP contribution in [0.15, 0.2) is 55.1 Å². The number of aromatic nitrogens is 2. The third-order valence-electron chi connectivity index (χ3n) is 7.02. The van der Waals surface area contributed by atoms with Gasteiger partial charge in [-0.1, -0.05) is 95.2 Å². The second-order valence-corrected chi connectivity index (χ2v) is 10.6. The third kappa shape index (κ3) is 12.6. The van der Waals surface area contributed by atoms with E-state index in [4.69, 9.17) is 4.74 Å². The summed E-state index contributed by atoms with van der Waals surface area (Å²) < 4.78 is 5.78. The van der Waals surface area contributed by atoms with Crippen molar-refractivity contribution in [3.8, 4) is 0 Å². The van der Waals surface area contributed by atoms with Crippen molar-refractivity contribution in [2.45, 2.75) is 97.0 Å². The highest BCUT2D eigenvalue weighted by Gasteiger charge is 2.08. The molecule has 0 saturated carbocycles. The molecule has 0 spiro atoms. The number of carbonyl (C=O) groups excluding carboxylic acids is 2. The lowest BCUT2D eigenvalue weighted by atomic mass is 10.1. The van der Waals surface area contributed by atoms with Crippen molar-refractivity contribution < 1.29 is 14.3 Å². The zero-order valence-electron chi connectivity index (χ0n) is 24.6. The molecule has 2 N–H and O–H groups in total. The number of unbranched alkanes of at least 4 members (excludes halogenated alkanes) is 9. The number of anilines is 2. The Morgan fingerprint density at radius 2 is 1.27 bits per heavy atom. The molecule has 3 aromatic rings. The standard InChI is InChI=1S/C34H46N4O3/c1-3-5-6-12-15-32(39)35-30-23-21-29-22-24-31(38-34(29)37-30)36-33(40)16-13-10-8-7-9-11-14-25-41-26-28-19-17-27(4-2)18-20-28/h4,17-24H,2-3,5-16,25-26H2,1H3,(H2,35,36,37,38,39,40). The fourth-order valence-corrected chi connectivity index (χ4v) is 4.57. The molecule has 2 heterocycles. The fraction of sp³-hybridized carbons (Fsp3) is 0.471. The molecular formula is C34H46N4O3. The first-order chi connectivity index (χ1) is 20.1. The summed E-state index contributed by atoms with van der Waals surface area (Å²) in [6.07, 6.45) is 14.7. The molecule has 0 aliphatic heterocycles. The van der Waals surface area contributed by atoms with Gasteiger partial charge in [-0.2, -0.15) is 0 Å². The molecule has 41 heavy (non-hydrogen) atoms. The summed E-state index contributed by atoms with van der Waals surface area (Å²) in [4.78, 5) is 33.6. The average Bonchev–Trinajstić information content (AvgIpc) is 2.98. The van der Waals surface area contributed by atoms with Crippen LogP contribution in [0.3, 0.4) is 0 Å². The summed E-state index contributed by atoms with van der Waals surface area (Å²) in [7, 11) is 0. The Kier molecular flexibility index (Phi) is 14.6. The van der Waals surface area contributed by atoms with Crippen molar-refractivity contribution in [3.05, 3.63) is 66.2 Å².